The van der Waals surface area contributed by atoms with E-state index in [1.165, 1.54) is 0 Å². The number of fused-ring (bicyclic) bond motifs is 1. The van der Waals surface area contributed by atoms with E-state index in [9.17, 15) is 23.2 Å². The van der Waals surface area contributed by atoms with Crippen LogP contribution in [0.1, 0.15) is 16.7 Å². The highest BCUT2D eigenvalue weighted by Crippen LogP contribution is 2.39. The number of alkyl halides is 3. The third-order valence-electron chi connectivity index (χ3n) is 3.79. The van der Waals surface area contributed by atoms with Gasteiger partial charge in [-0.25, -0.2) is 9.63 Å². The molecule has 0 fully saturated rings. The Balaban J connectivity index is 2.32. The molecule has 2 rings (SSSR count). The Morgan fingerprint density at radius 2 is 2.03 bits per heavy atom. The van der Waals surface area contributed by atoms with Gasteiger partial charge in [-0.05, 0) is 31.6 Å². The van der Waals surface area contributed by atoms with Gasteiger partial charge in [-0.3, -0.25) is 16.1 Å². The van der Waals surface area contributed by atoms with Crippen LogP contribution in [0.3, 0.4) is 0 Å². The molecule has 0 spiro atoms. The summed E-state index contributed by atoms with van der Waals surface area (Å²) in [7, 11) is 0. The van der Waals surface area contributed by atoms with E-state index in [2.05, 4.69) is 9.68 Å². The van der Waals surface area contributed by atoms with Crippen molar-refractivity contribution in [1.29, 1.82) is 0 Å². The first-order valence-electron chi connectivity index (χ1n) is 8.09. The monoisotopic (exact) mass is 423 g/mol. The molecular weight excluding hydrogens is 405 g/mol. The molecule has 0 amide bonds. The van der Waals surface area contributed by atoms with E-state index in [0.717, 1.165) is 17.3 Å². The molecule has 0 saturated heterocycles. The summed E-state index contributed by atoms with van der Waals surface area (Å²) in [4.78, 5) is 21.0. The van der Waals surface area contributed by atoms with Crippen molar-refractivity contribution in [3.8, 4) is 5.75 Å². The molecule has 2 atom stereocenters. The number of rotatable bonds is 8. The number of nitrogens with one attached hydrogen (secondary N) is 1. The number of aryl methyl sites for hydroxylation is 2. The molecular formula is C16H18F3N2O8-. The highest BCUT2D eigenvalue weighted by atomic mass is 19.4. The molecule has 3 N–H and O–H groups in total. The number of esters is 1. The first-order valence-corrected chi connectivity index (χ1v) is 8.09. The van der Waals surface area contributed by atoms with Crippen LogP contribution in [0.5, 0.6) is 5.75 Å². The standard InChI is InChI=1S/C16H18F3N2O8/c1-8-3-9(2)13-10(4-8)5-12(14(29-13)16(17,18)19)15(22)28-11(6-26-20-23)7-27-21(24)25/h3-5,11,14,20,24-25H,6-7H2,1-2H3/q-1/t11?,14-/m0/s1. The van der Waals surface area contributed by atoms with Gasteiger partial charge in [0.25, 0.3) is 0 Å². The second kappa shape index (κ2) is 9.49. The van der Waals surface area contributed by atoms with Crippen LogP contribution in [0.4, 0.5) is 13.2 Å². The zero-order valence-electron chi connectivity index (χ0n) is 15.2. The van der Waals surface area contributed by atoms with Gasteiger partial charge in [-0.1, -0.05) is 11.6 Å². The molecule has 0 saturated carbocycles. The van der Waals surface area contributed by atoms with E-state index in [0.29, 0.717) is 5.56 Å². The first-order chi connectivity index (χ1) is 13.5. The summed E-state index contributed by atoms with van der Waals surface area (Å²) in [5, 5.41) is 26.6. The minimum atomic E-state index is -4.92. The third kappa shape index (κ3) is 6.11. The lowest BCUT2D eigenvalue weighted by atomic mass is 9.97. The van der Waals surface area contributed by atoms with Crippen LogP contribution >= 0.6 is 0 Å². The molecule has 1 unspecified atom stereocenters. The maximum Gasteiger partial charge on any atom is 0.430 e. The second-order valence-electron chi connectivity index (χ2n) is 6.11. The van der Waals surface area contributed by atoms with Crippen molar-refractivity contribution in [2.24, 2.45) is 0 Å². The van der Waals surface area contributed by atoms with Crippen LogP contribution in [0.2, 0.25) is 0 Å². The van der Waals surface area contributed by atoms with Crippen LogP contribution in [-0.2, 0) is 19.2 Å². The fraction of sp³-hybridized carbons (Fsp3) is 0.438. The molecule has 0 radical (unpaired) electrons. The number of ether oxygens (including phenoxy) is 2. The van der Waals surface area contributed by atoms with E-state index in [1.807, 2.05) is 0 Å². The minimum Gasteiger partial charge on any atom is -0.765 e. The van der Waals surface area contributed by atoms with Crippen molar-refractivity contribution < 1.29 is 47.5 Å². The second-order valence-corrected chi connectivity index (χ2v) is 6.11. The lowest BCUT2D eigenvalue weighted by Gasteiger charge is -2.30. The van der Waals surface area contributed by atoms with Gasteiger partial charge in [0.1, 0.15) is 19.0 Å². The molecule has 1 aromatic rings. The highest BCUT2D eigenvalue weighted by molar-refractivity contribution is 5.96. The maximum atomic E-state index is 13.5. The van der Waals surface area contributed by atoms with Gasteiger partial charge < -0.3 is 19.5 Å². The van der Waals surface area contributed by atoms with Gasteiger partial charge in [0, 0.05) is 5.56 Å². The average molecular weight is 423 g/mol. The highest BCUT2D eigenvalue weighted by Gasteiger charge is 2.49. The van der Waals surface area contributed by atoms with E-state index >= 15 is 0 Å². The zero-order chi connectivity index (χ0) is 21.8. The van der Waals surface area contributed by atoms with Crippen LogP contribution < -0.4 is 10.4 Å². The quantitative estimate of drug-likeness (QED) is 0.421. The van der Waals surface area contributed by atoms with Crippen molar-refractivity contribution >= 4 is 12.0 Å². The van der Waals surface area contributed by atoms with Gasteiger partial charge in [0.05, 0.1) is 11.0 Å². The summed E-state index contributed by atoms with van der Waals surface area (Å²) in [5.41, 5.74) is 1.68. The lowest BCUT2D eigenvalue weighted by molar-refractivity contribution is -0.495. The van der Waals surface area contributed by atoms with Crippen LogP contribution in [0.15, 0.2) is 17.7 Å². The Hall–Kier alpha value is -2.26. The Bertz CT molecular complexity index is 769. The predicted octanol–water partition coefficient (Wildman–Crippen LogP) is 1.95. The molecule has 0 aromatic heterocycles. The van der Waals surface area contributed by atoms with E-state index < -0.39 is 48.5 Å². The maximum absolute atomic E-state index is 13.5. The van der Waals surface area contributed by atoms with Gasteiger partial charge >= 0.3 is 12.1 Å². The van der Waals surface area contributed by atoms with Crippen molar-refractivity contribution in [3.05, 3.63) is 39.6 Å². The zero-order valence-corrected chi connectivity index (χ0v) is 15.2. The molecule has 162 valence electrons. The molecule has 1 aromatic carbocycles. The van der Waals surface area contributed by atoms with Crippen LogP contribution in [0.25, 0.3) is 6.08 Å². The van der Waals surface area contributed by atoms with Crippen molar-refractivity contribution in [1.82, 2.24) is 11.0 Å². The third-order valence-corrected chi connectivity index (χ3v) is 3.79. The van der Waals surface area contributed by atoms with Crippen LogP contribution in [-0.4, -0.2) is 53.4 Å². The number of hydrogen-bond acceptors (Lipinski definition) is 10. The SMILES string of the molecule is Cc1cc(C)c2c(c1)C=C(C(=O)OC(CON[O-])CON(O)O)[C@@H](C(F)(F)F)O2. The Morgan fingerprint density at radius 3 is 2.62 bits per heavy atom. The molecule has 1 heterocycles. The Morgan fingerprint density at radius 1 is 1.34 bits per heavy atom. The average Bonchev–Trinajstić information content (AvgIpc) is 2.61. The van der Waals surface area contributed by atoms with Gasteiger partial charge in [-0.2, -0.15) is 13.2 Å². The van der Waals surface area contributed by atoms with Crippen molar-refractivity contribution in [2.45, 2.75) is 32.2 Å². The fourth-order valence-corrected chi connectivity index (χ4v) is 2.70. The van der Waals surface area contributed by atoms with E-state index in [1.54, 1.807) is 26.0 Å². The molecule has 0 aliphatic carbocycles. The molecule has 10 nitrogen and oxygen atoms in total. The molecule has 13 heteroatoms. The number of halogens is 3. The predicted molar refractivity (Wildman–Crippen MR) is 88.1 cm³/mol. The summed E-state index contributed by atoms with van der Waals surface area (Å²) in [6.07, 6.45) is -7.96. The Labute approximate surface area is 162 Å². The smallest absolute Gasteiger partial charge is 0.430 e. The number of carbonyl (C=O) groups excluding carboxylic acids is 1. The molecule has 1 aliphatic rings. The van der Waals surface area contributed by atoms with Gasteiger partial charge in [-0.15, -0.1) is 0 Å². The minimum absolute atomic E-state index is 0.00977. The summed E-state index contributed by atoms with van der Waals surface area (Å²) in [6, 6.07) is 3.18. The topological polar surface area (TPSA) is 133 Å². The summed E-state index contributed by atoms with van der Waals surface area (Å²) in [5.74, 6) is -1.42. The summed E-state index contributed by atoms with van der Waals surface area (Å²) in [6.45, 7) is 1.92. The number of hydrogen-bond donors (Lipinski definition) is 3. The molecule has 1 aliphatic heterocycles. The first kappa shape index (κ1) is 23.0. The number of benzene rings is 1. The van der Waals surface area contributed by atoms with Gasteiger partial charge in [0.2, 0.25) is 6.10 Å². The number of carbonyl (C=O) groups is 1. The van der Waals surface area contributed by atoms with E-state index in [4.69, 9.17) is 19.9 Å². The normalized spacial score (nSPS) is 17.4. The summed E-state index contributed by atoms with van der Waals surface area (Å²) >= 11 is 0. The Kier molecular flexibility index (Phi) is 7.54. The van der Waals surface area contributed by atoms with Gasteiger partial charge in [0.15, 0.2) is 6.10 Å². The molecule has 29 heavy (non-hydrogen) atoms. The van der Waals surface area contributed by atoms with E-state index in [-0.39, 0.29) is 11.3 Å². The molecule has 0 bridgehead atoms. The fourth-order valence-electron chi connectivity index (χ4n) is 2.70. The van der Waals surface area contributed by atoms with Crippen LogP contribution in [0, 0.1) is 19.1 Å². The van der Waals surface area contributed by atoms with Crippen molar-refractivity contribution in [3.63, 3.8) is 0 Å². The summed E-state index contributed by atoms with van der Waals surface area (Å²) < 4.78 is 50.5. The number of nitrogens with zero attached hydrogens (tertiary/aromatic N) is 1. The largest absolute Gasteiger partial charge is 0.765 e. The van der Waals surface area contributed by atoms with Crippen molar-refractivity contribution in [2.75, 3.05) is 13.2 Å². The lowest BCUT2D eigenvalue weighted by Crippen LogP contribution is -2.42.